The molecule has 2 fully saturated rings. The number of aryl methyl sites for hydroxylation is 1. The number of benzene rings is 1. The van der Waals surface area contributed by atoms with Crippen LogP contribution in [0.1, 0.15) is 35.2 Å². The van der Waals surface area contributed by atoms with Crippen LogP contribution in [0.4, 0.5) is 0 Å². The average Bonchev–Trinajstić information content (AvgIpc) is 3.14. The van der Waals surface area contributed by atoms with Crippen LogP contribution in [0.15, 0.2) is 18.2 Å². The monoisotopic (exact) mass is 288 g/mol. The van der Waals surface area contributed by atoms with Crippen LogP contribution in [0, 0.1) is 6.92 Å². The summed E-state index contributed by atoms with van der Waals surface area (Å²) < 4.78 is 5.97. The van der Waals surface area contributed by atoms with Crippen LogP contribution in [-0.2, 0) is 0 Å². The second-order valence-electron chi connectivity index (χ2n) is 6.43. The zero-order valence-electron chi connectivity index (χ0n) is 13.1. The predicted molar refractivity (Wildman–Crippen MR) is 82.8 cm³/mol. The molecule has 114 valence electrons. The van der Waals surface area contributed by atoms with Crippen LogP contribution >= 0.6 is 0 Å². The molecule has 0 N–H and O–H groups in total. The minimum absolute atomic E-state index is 0.0161. The lowest BCUT2D eigenvalue weighted by Gasteiger charge is -2.27. The van der Waals surface area contributed by atoms with Crippen LogP contribution in [0.5, 0.6) is 5.75 Å². The molecule has 1 aliphatic carbocycles. The van der Waals surface area contributed by atoms with Crippen LogP contribution in [0.2, 0.25) is 0 Å². The first-order valence-electron chi connectivity index (χ1n) is 7.77. The van der Waals surface area contributed by atoms with E-state index in [9.17, 15) is 4.79 Å². The molecule has 21 heavy (non-hydrogen) atoms. The van der Waals surface area contributed by atoms with Gasteiger partial charge in [-0.2, -0.15) is 0 Å². The zero-order valence-corrected chi connectivity index (χ0v) is 13.1. The molecule has 2 atom stereocenters. The largest absolute Gasteiger partial charge is 0.492 e. The average molecular weight is 288 g/mol. The fraction of sp³-hybridized carbons (Fsp3) is 0.588. The van der Waals surface area contributed by atoms with Gasteiger partial charge >= 0.3 is 0 Å². The molecular weight excluding hydrogens is 264 g/mol. The lowest BCUT2D eigenvalue weighted by atomic mass is 9.93. The highest BCUT2D eigenvalue weighted by Gasteiger charge is 2.42. The summed E-state index contributed by atoms with van der Waals surface area (Å²) in [6.45, 7) is 3.92. The molecule has 0 spiro atoms. The maximum absolute atomic E-state index is 12.0. The van der Waals surface area contributed by atoms with E-state index < -0.39 is 0 Å². The number of amides is 1. The Morgan fingerprint density at radius 3 is 2.76 bits per heavy atom. The lowest BCUT2D eigenvalue weighted by Crippen LogP contribution is -2.29. The van der Waals surface area contributed by atoms with Gasteiger partial charge in [-0.1, -0.05) is 12.5 Å². The number of carbonyl (C=O) groups is 1. The van der Waals surface area contributed by atoms with Gasteiger partial charge in [0.05, 0.1) is 6.04 Å². The van der Waals surface area contributed by atoms with Crippen LogP contribution in [0.25, 0.3) is 0 Å². The molecular formula is C17H24N2O2. The summed E-state index contributed by atoms with van der Waals surface area (Å²) >= 11 is 0. The Labute approximate surface area is 126 Å². The Balaban J connectivity index is 1.59. The van der Waals surface area contributed by atoms with Crippen LogP contribution in [-0.4, -0.2) is 55.0 Å². The SMILES string of the molecule is Cc1ccc(C(=O)N(C)C)cc1OCC1CN1C1CCC1. The van der Waals surface area contributed by atoms with Gasteiger partial charge in [0.25, 0.3) is 5.91 Å². The standard InChI is InChI=1S/C17H24N2O2/c1-12-7-8-13(17(20)18(2)3)9-16(12)21-11-15-10-19(15)14-5-4-6-14/h7-9,14-15H,4-6,10-11H2,1-3H3. The van der Waals surface area contributed by atoms with Crippen LogP contribution in [0.3, 0.4) is 0 Å². The molecule has 0 bridgehead atoms. The summed E-state index contributed by atoms with van der Waals surface area (Å²) in [6.07, 6.45) is 4.08. The molecule has 4 heteroatoms. The highest BCUT2D eigenvalue weighted by molar-refractivity contribution is 5.94. The van der Waals surface area contributed by atoms with Gasteiger partial charge in [-0.15, -0.1) is 0 Å². The van der Waals surface area contributed by atoms with Crippen molar-refractivity contribution in [2.45, 2.75) is 38.3 Å². The third-order valence-corrected chi connectivity index (χ3v) is 4.57. The summed E-state index contributed by atoms with van der Waals surface area (Å²) in [7, 11) is 3.53. The van der Waals surface area contributed by atoms with Crippen molar-refractivity contribution >= 4 is 5.91 Å². The molecule has 3 rings (SSSR count). The van der Waals surface area contributed by atoms with Gasteiger partial charge in [0, 0.05) is 32.2 Å². The number of hydrogen-bond donors (Lipinski definition) is 0. The Bertz CT molecular complexity index is 538. The molecule has 1 saturated heterocycles. The fourth-order valence-electron chi connectivity index (χ4n) is 2.84. The molecule has 1 aromatic rings. The summed E-state index contributed by atoms with van der Waals surface area (Å²) in [5.41, 5.74) is 1.77. The van der Waals surface area contributed by atoms with Crippen molar-refractivity contribution in [2.75, 3.05) is 27.2 Å². The third kappa shape index (κ3) is 3.05. The molecule has 2 unspecified atom stereocenters. The number of nitrogens with zero attached hydrogens (tertiary/aromatic N) is 2. The number of hydrogen-bond acceptors (Lipinski definition) is 3. The molecule has 1 saturated carbocycles. The summed E-state index contributed by atoms with van der Waals surface area (Å²) in [4.78, 5) is 16.1. The number of rotatable bonds is 5. The van der Waals surface area contributed by atoms with E-state index in [0.717, 1.165) is 24.0 Å². The zero-order chi connectivity index (χ0) is 15.0. The van der Waals surface area contributed by atoms with Crippen molar-refractivity contribution in [3.63, 3.8) is 0 Å². The molecule has 2 aliphatic rings. The molecule has 1 aliphatic heterocycles. The Hall–Kier alpha value is -1.55. The van der Waals surface area contributed by atoms with Crippen molar-refractivity contribution in [2.24, 2.45) is 0 Å². The third-order valence-electron chi connectivity index (χ3n) is 4.57. The van der Waals surface area contributed by atoms with Gasteiger partial charge in [-0.25, -0.2) is 0 Å². The van der Waals surface area contributed by atoms with E-state index in [4.69, 9.17) is 4.74 Å². The maximum atomic E-state index is 12.0. The van der Waals surface area contributed by atoms with Gasteiger partial charge in [-0.3, -0.25) is 9.69 Å². The van der Waals surface area contributed by atoms with E-state index in [2.05, 4.69) is 4.90 Å². The van der Waals surface area contributed by atoms with Gasteiger partial charge in [0.15, 0.2) is 0 Å². The van der Waals surface area contributed by atoms with E-state index in [1.54, 1.807) is 19.0 Å². The van der Waals surface area contributed by atoms with Crippen molar-refractivity contribution in [1.29, 1.82) is 0 Å². The molecule has 4 nitrogen and oxygen atoms in total. The van der Waals surface area contributed by atoms with Crippen molar-refractivity contribution < 1.29 is 9.53 Å². The Morgan fingerprint density at radius 2 is 2.14 bits per heavy atom. The maximum Gasteiger partial charge on any atom is 0.253 e. The highest BCUT2D eigenvalue weighted by Crippen LogP contribution is 2.34. The van der Waals surface area contributed by atoms with E-state index in [-0.39, 0.29) is 5.91 Å². The second kappa shape index (κ2) is 5.68. The molecule has 1 amide bonds. The first-order chi connectivity index (χ1) is 10.1. The Kier molecular flexibility index (Phi) is 3.89. The predicted octanol–water partition coefficient (Wildman–Crippen LogP) is 2.31. The smallest absolute Gasteiger partial charge is 0.253 e. The summed E-state index contributed by atoms with van der Waals surface area (Å²) in [5, 5.41) is 0. The minimum atomic E-state index is 0.0161. The van der Waals surface area contributed by atoms with E-state index in [1.807, 2.05) is 25.1 Å². The number of ether oxygens (including phenoxy) is 1. The first kappa shape index (κ1) is 14.4. The van der Waals surface area contributed by atoms with Crippen molar-refractivity contribution in [3.05, 3.63) is 29.3 Å². The molecule has 1 heterocycles. The highest BCUT2D eigenvalue weighted by atomic mass is 16.5. The van der Waals surface area contributed by atoms with Crippen molar-refractivity contribution in [1.82, 2.24) is 9.80 Å². The molecule has 0 aromatic heterocycles. The quantitative estimate of drug-likeness (QED) is 0.779. The van der Waals surface area contributed by atoms with E-state index in [1.165, 1.54) is 25.8 Å². The molecule has 0 radical (unpaired) electrons. The minimum Gasteiger partial charge on any atom is -0.492 e. The van der Waals surface area contributed by atoms with Gasteiger partial charge < -0.3 is 9.64 Å². The van der Waals surface area contributed by atoms with Gasteiger partial charge in [0.1, 0.15) is 12.4 Å². The van der Waals surface area contributed by atoms with Crippen LogP contribution < -0.4 is 4.74 Å². The first-order valence-corrected chi connectivity index (χ1v) is 7.77. The van der Waals surface area contributed by atoms with E-state index >= 15 is 0 Å². The molecule has 1 aromatic carbocycles. The Morgan fingerprint density at radius 1 is 1.38 bits per heavy atom. The second-order valence-corrected chi connectivity index (χ2v) is 6.43. The normalized spacial score (nSPS) is 24.3. The fourth-order valence-corrected chi connectivity index (χ4v) is 2.84. The lowest BCUT2D eigenvalue weighted by molar-refractivity contribution is 0.0827. The van der Waals surface area contributed by atoms with Gasteiger partial charge in [0.2, 0.25) is 0 Å². The van der Waals surface area contributed by atoms with E-state index in [0.29, 0.717) is 11.6 Å². The van der Waals surface area contributed by atoms with Gasteiger partial charge in [-0.05, 0) is 37.5 Å². The topological polar surface area (TPSA) is 32.6 Å². The summed E-state index contributed by atoms with van der Waals surface area (Å²) in [5.74, 6) is 0.852. The summed E-state index contributed by atoms with van der Waals surface area (Å²) in [6, 6.07) is 7.07. The van der Waals surface area contributed by atoms with Crippen molar-refractivity contribution in [3.8, 4) is 5.75 Å². The number of carbonyl (C=O) groups excluding carboxylic acids is 1.